The maximum absolute atomic E-state index is 10.3. The highest BCUT2D eigenvalue weighted by Crippen LogP contribution is 2.32. The van der Waals surface area contributed by atoms with Crippen molar-refractivity contribution in [3.05, 3.63) is 0 Å². The second kappa shape index (κ2) is 3.87. The van der Waals surface area contributed by atoms with Gasteiger partial charge in [-0.2, -0.15) is 0 Å². The lowest BCUT2D eigenvalue weighted by molar-refractivity contribution is -0.138. The Morgan fingerprint density at radius 1 is 1.75 bits per heavy atom. The molecule has 0 aliphatic heterocycles. The van der Waals surface area contributed by atoms with Crippen LogP contribution in [0.15, 0.2) is 0 Å². The van der Waals surface area contributed by atoms with Crippen LogP contribution in [-0.4, -0.2) is 29.7 Å². The van der Waals surface area contributed by atoms with Crippen LogP contribution in [0.2, 0.25) is 0 Å². The molecule has 0 bridgehead atoms. The summed E-state index contributed by atoms with van der Waals surface area (Å²) in [5.74, 6) is -0.198. The van der Waals surface area contributed by atoms with E-state index >= 15 is 0 Å². The van der Waals surface area contributed by atoms with Crippen molar-refractivity contribution < 1.29 is 9.90 Å². The third-order valence-corrected chi connectivity index (χ3v) is 2.31. The molecule has 4 nitrogen and oxygen atoms in total. The fourth-order valence-electron chi connectivity index (χ4n) is 1.16. The van der Waals surface area contributed by atoms with Crippen LogP contribution in [0.4, 0.5) is 0 Å². The number of carboxylic acid groups (broad SMARTS) is 1. The molecular formula is C8H16N2O2. The van der Waals surface area contributed by atoms with E-state index in [2.05, 4.69) is 12.2 Å². The Labute approximate surface area is 72.1 Å². The van der Waals surface area contributed by atoms with Gasteiger partial charge < -0.3 is 16.2 Å². The van der Waals surface area contributed by atoms with E-state index in [0.717, 1.165) is 5.92 Å². The fourth-order valence-corrected chi connectivity index (χ4v) is 1.16. The number of hydrogen-bond donors (Lipinski definition) is 3. The number of nitrogens with two attached hydrogens (primary N) is 1. The van der Waals surface area contributed by atoms with E-state index in [4.69, 9.17) is 10.8 Å². The highest BCUT2D eigenvalue weighted by atomic mass is 16.4. The molecule has 12 heavy (non-hydrogen) atoms. The molecule has 0 radical (unpaired) electrons. The molecule has 0 amide bonds. The Morgan fingerprint density at radius 3 is 2.75 bits per heavy atom. The second-order valence-electron chi connectivity index (χ2n) is 3.48. The molecule has 4 N–H and O–H groups in total. The van der Waals surface area contributed by atoms with E-state index in [1.165, 1.54) is 12.8 Å². The third kappa shape index (κ3) is 2.79. The minimum Gasteiger partial charge on any atom is -0.480 e. The SMILES string of the molecule is CC(NCC(N)C(=O)O)C1CC1. The molecule has 2 atom stereocenters. The zero-order chi connectivity index (χ0) is 9.14. The normalized spacial score (nSPS) is 21.8. The number of hydrogen-bond acceptors (Lipinski definition) is 3. The van der Waals surface area contributed by atoms with Crippen molar-refractivity contribution in [2.45, 2.75) is 31.8 Å². The van der Waals surface area contributed by atoms with Crippen molar-refractivity contribution >= 4 is 5.97 Å². The number of rotatable bonds is 5. The number of aliphatic carboxylic acids is 1. The summed E-state index contributed by atoms with van der Waals surface area (Å²) in [5, 5.41) is 11.6. The van der Waals surface area contributed by atoms with Crippen LogP contribution in [0.3, 0.4) is 0 Å². The van der Waals surface area contributed by atoms with E-state index in [-0.39, 0.29) is 0 Å². The maximum atomic E-state index is 10.3. The standard InChI is InChI=1S/C8H16N2O2/c1-5(6-2-3-6)10-4-7(9)8(11)12/h5-7,10H,2-4,9H2,1H3,(H,11,12). The number of nitrogens with one attached hydrogen (secondary N) is 1. The summed E-state index contributed by atoms with van der Waals surface area (Å²) >= 11 is 0. The fraction of sp³-hybridized carbons (Fsp3) is 0.875. The van der Waals surface area contributed by atoms with Gasteiger partial charge in [-0.25, -0.2) is 0 Å². The molecule has 1 fully saturated rings. The van der Waals surface area contributed by atoms with Gasteiger partial charge in [0.05, 0.1) is 0 Å². The van der Waals surface area contributed by atoms with Crippen molar-refractivity contribution in [3.63, 3.8) is 0 Å². The summed E-state index contributed by atoms with van der Waals surface area (Å²) < 4.78 is 0. The summed E-state index contributed by atoms with van der Waals surface area (Å²) in [4.78, 5) is 10.3. The Hall–Kier alpha value is -0.610. The first-order valence-electron chi connectivity index (χ1n) is 4.33. The first kappa shape index (κ1) is 9.48. The quantitative estimate of drug-likeness (QED) is 0.536. The molecule has 0 aromatic rings. The van der Waals surface area contributed by atoms with Gasteiger partial charge in [0.1, 0.15) is 6.04 Å². The molecule has 0 heterocycles. The third-order valence-electron chi connectivity index (χ3n) is 2.31. The summed E-state index contributed by atoms with van der Waals surface area (Å²) in [5.41, 5.74) is 5.32. The zero-order valence-electron chi connectivity index (χ0n) is 7.29. The van der Waals surface area contributed by atoms with Crippen molar-refractivity contribution in [2.24, 2.45) is 11.7 Å². The summed E-state index contributed by atoms with van der Waals surface area (Å²) in [6.45, 7) is 2.44. The molecule has 2 unspecified atom stereocenters. The van der Waals surface area contributed by atoms with Gasteiger partial charge >= 0.3 is 5.97 Å². The molecule has 1 aliphatic carbocycles. The first-order chi connectivity index (χ1) is 5.61. The molecule has 1 saturated carbocycles. The van der Waals surface area contributed by atoms with E-state index < -0.39 is 12.0 Å². The molecule has 0 saturated heterocycles. The largest absolute Gasteiger partial charge is 0.480 e. The summed E-state index contributed by atoms with van der Waals surface area (Å²) in [6, 6.07) is -0.360. The van der Waals surface area contributed by atoms with Crippen LogP contribution >= 0.6 is 0 Å². The topological polar surface area (TPSA) is 75.3 Å². The molecular weight excluding hydrogens is 156 g/mol. The predicted octanol–water partition coefficient (Wildman–Crippen LogP) is -0.214. The van der Waals surface area contributed by atoms with Gasteiger partial charge in [0, 0.05) is 12.6 Å². The van der Waals surface area contributed by atoms with Crippen LogP contribution in [0.1, 0.15) is 19.8 Å². The Morgan fingerprint density at radius 2 is 2.33 bits per heavy atom. The minimum absolute atomic E-state index is 0.368. The van der Waals surface area contributed by atoms with Crippen LogP contribution < -0.4 is 11.1 Å². The maximum Gasteiger partial charge on any atom is 0.321 e. The predicted molar refractivity (Wildman–Crippen MR) is 45.8 cm³/mol. The Bertz CT molecular complexity index is 168. The summed E-state index contributed by atoms with van der Waals surface area (Å²) in [6.07, 6.45) is 2.52. The first-order valence-corrected chi connectivity index (χ1v) is 4.33. The molecule has 0 aromatic carbocycles. The van der Waals surface area contributed by atoms with E-state index in [0.29, 0.717) is 12.6 Å². The Kier molecular flexibility index (Phi) is 3.05. The number of carboxylic acids is 1. The van der Waals surface area contributed by atoms with E-state index in [9.17, 15) is 4.79 Å². The highest BCUT2D eigenvalue weighted by Gasteiger charge is 2.28. The second-order valence-corrected chi connectivity index (χ2v) is 3.48. The van der Waals surface area contributed by atoms with Gasteiger partial charge in [0.2, 0.25) is 0 Å². The zero-order valence-corrected chi connectivity index (χ0v) is 7.29. The van der Waals surface area contributed by atoms with Crippen molar-refractivity contribution in [1.29, 1.82) is 0 Å². The molecule has 1 aliphatic rings. The van der Waals surface area contributed by atoms with Gasteiger partial charge in [-0.3, -0.25) is 4.79 Å². The molecule has 0 aromatic heterocycles. The van der Waals surface area contributed by atoms with E-state index in [1.807, 2.05) is 0 Å². The van der Waals surface area contributed by atoms with Crippen LogP contribution in [0, 0.1) is 5.92 Å². The average molecular weight is 172 g/mol. The minimum atomic E-state index is -0.939. The highest BCUT2D eigenvalue weighted by molar-refractivity contribution is 5.73. The van der Waals surface area contributed by atoms with Gasteiger partial charge in [0.25, 0.3) is 0 Å². The smallest absolute Gasteiger partial charge is 0.321 e. The lowest BCUT2D eigenvalue weighted by atomic mass is 10.2. The average Bonchev–Trinajstić information content (AvgIpc) is 2.81. The van der Waals surface area contributed by atoms with Crippen molar-refractivity contribution in [3.8, 4) is 0 Å². The van der Waals surface area contributed by atoms with Crippen LogP contribution in [-0.2, 0) is 4.79 Å². The van der Waals surface area contributed by atoms with Gasteiger partial charge in [-0.15, -0.1) is 0 Å². The number of carbonyl (C=O) groups is 1. The van der Waals surface area contributed by atoms with Gasteiger partial charge in [-0.1, -0.05) is 0 Å². The molecule has 0 spiro atoms. The van der Waals surface area contributed by atoms with Crippen LogP contribution in [0.5, 0.6) is 0 Å². The van der Waals surface area contributed by atoms with Gasteiger partial charge in [0.15, 0.2) is 0 Å². The van der Waals surface area contributed by atoms with Crippen molar-refractivity contribution in [1.82, 2.24) is 5.32 Å². The molecule has 1 rings (SSSR count). The van der Waals surface area contributed by atoms with E-state index in [1.54, 1.807) is 0 Å². The Balaban J connectivity index is 2.11. The molecule has 4 heteroatoms. The lowest BCUT2D eigenvalue weighted by Crippen LogP contribution is -2.43. The van der Waals surface area contributed by atoms with Gasteiger partial charge in [-0.05, 0) is 25.7 Å². The molecule has 70 valence electrons. The van der Waals surface area contributed by atoms with Crippen LogP contribution in [0.25, 0.3) is 0 Å². The monoisotopic (exact) mass is 172 g/mol. The van der Waals surface area contributed by atoms with Crippen molar-refractivity contribution in [2.75, 3.05) is 6.54 Å². The summed E-state index contributed by atoms with van der Waals surface area (Å²) in [7, 11) is 0. The lowest BCUT2D eigenvalue weighted by Gasteiger charge is -2.14.